The molecule has 0 saturated heterocycles. The van der Waals surface area contributed by atoms with Gasteiger partial charge in [-0.2, -0.15) is 0 Å². The van der Waals surface area contributed by atoms with Crippen molar-refractivity contribution < 1.29 is 9.90 Å². The second-order valence-corrected chi connectivity index (χ2v) is 4.36. The summed E-state index contributed by atoms with van der Waals surface area (Å²) in [4.78, 5) is 16.8. The summed E-state index contributed by atoms with van der Waals surface area (Å²) in [6.45, 7) is 0. The Morgan fingerprint density at radius 1 is 1.22 bits per heavy atom. The molecule has 0 bridgehead atoms. The van der Waals surface area contributed by atoms with Gasteiger partial charge in [-0.1, -0.05) is 17.7 Å². The van der Waals surface area contributed by atoms with Crippen LogP contribution in [0.5, 0.6) is 0 Å². The van der Waals surface area contributed by atoms with E-state index in [9.17, 15) is 4.79 Å². The normalized spacial score (nSPS) is 10.9. The van der Waals surface area contributed by atoms with Crippen LogP contribution in [0.2, 0.25) is 5.02 Å². The topological polar surface area (TPSA) is 68.9 Å². The Labute approximate surface area is 107 Å². The molecule has 18 heavy (non-hydrogen) atoms. The molecular formula is C13H9ClN2O2. The summed E-state index contributed by atoms with van der Waals surface area (Å²) in [5.41, 5.74) is 2.67. The van der Waals surface area contributed by atoms with Gasteiger partial charge in [0.15, 0.2) is 0 Å². The molecule has 2 heterocycles. The van der Waals surface area contributed by atoms with Crippen molar-refractivity contribution in [3.63, 3.8) is 0 Å². The third kappa shape index (κ3) is 1.58. The van der Waals surface area contributed by atoms with Gasteiger partial charge in [-0.05, 0) is 24.3 Å². The van der Waals surface area contributed by atoms with E-state index < -0.39 is 5.97 Å². The first-order valence-electron chi connectivity index (χ1n) is 5.35. The maximum absolute atomic E-state index is 10.8. The molecule has 90 valence electrons. The molecule has 0 aliphatic heterocycles. The van der Waals surface area contributed by atoms with E-state index in [1.54, 1.807) is 6.07 Å². The van der Waals surface area contributed by atoms with Crippen molar-refractivity contribution in [2.75, 3.05) is 0 Å². The lowest BCUT2D eigenvalue weighted by molar-refractivity contribution is 0.0691. The van der Waals surface area contributed by atoms with Crippen molar-refractivity contribution in [3.05, 3.63) is 47.2 Å². The third-order valence-corrected chi connectivity index (χ3v) is 3.18. The molecular weight excluding hydrogens is 252 g/mol. The number of aromatic nitrogens is 2. The van der Waals surface area contributed by atoms with Crippen LogP contribution >= 0.6 is 11.6 Å². The van der Waals surface area contributed by atoms with Crippen LogP contribution in [-0.4, -0.2) is 21.0 Å². The van der Waals surface area contributed by atoms with Crippen molar-refractivity contribution in [1.29, 1.82) is 0 Å². The number of H-pyrrole nitrogens is 2. The molecule has 4 nitrogen and oxygen atoms in total. The number of benzene rings is 1. The summed E-state index contributed by atoms with van der Waals surface area (Å²) in [5, 5.41) is 10.4. The molecule has 0 atom stereocenters. The van der Waals surface area contributed by atoms with E-state index in [0.717, 1.165) is 22.2 Å². The first-order chi connectivity index (χ1) is 8.66. The lowest BCUT2D eigenvalue weighted by Gasteiger charge is -1.98. The standard InChI is InChI=1S/C13H9ClN2O2/c14-8-2-1-3-10-12(8)7(6-15-10)9-4-5-11(16-9)13(17)18/h1-6,15-16H,(H,17,18). The number of hydrogen-bond donors (Lipinski definition) is 3. The Morgan fingerprint density at radius 3 is 2.78 bits per heavy atom. The fraction of sp³-hybridized carbons (Fsp3) is 0. The number of hydrogen-bond acceptors (Lipinski definition) is 1. The van der Waals surface area contributed by atoms with Crippen LogP contribution in [0, 0.1) is 0 Å². The van der Waals surface area contributed by atoms with Gasteiger partial charge < -0.3 is 15.1 Å². The zero-order valence-electron chi connectivity index (χ0n) is 9.20. The monoisotopic (exact) mass is 260 g/mol. The molecule has 0 fully saturated rings. The van der Waals surface area contributed by atoms with E-state index in [1.165, 1.54) is 6.07 Å². The number of aromatic carboxylic acids is 1. The van der Waals surface area contributed by atoms with E-state index in [2.05, 4.69) is 9.97 Å². The van der Waals surface area contributed by atoms with E-state index in [4.69, 9.17) is 16.7 Å². The molecule has 3 N–H and O–H groups in total. The number of nitrogens with one attached hydrogen (secondary N) is 2. The molecule has 0 aliphatic rings. The average Bonchev–Trinajstić information content (AvgIpc) is 2.94. The third-order valence-electron chi connectivity index (χ3n) is 2.86. The number of carbonyl (C=O) groups is 1. The molecule has 2 aromatic heterocycles. The Morgan fingerprint density at radius 2 is 2.06 bits per heavy atom. The fourth-order valence-electron chi connectivity index (χ4n) is 2.03. The molecule has 0 amide bonds. The van der Waals surface area contributed by atoms with Crippen LogP contribution in [0.3, 0.4) is 0 Å². The molecule has 0 spiro atoms. The second kappa shape index (κ2) is 3.92. The highest BCUT2D eigenvalue weighted by molar-refractivity contribution is 6.36. The van der Waals surface area contributed by atoms with E-state index in [1.807, 2.05) is 24.4 Å². The Bertz CT molecular complexity index is 742. The van der Waals surface area contributed by atoms with Gasteiger partial charge in [0.1, 0.15) is 5.69 Å². The molecule has 3 rings (SSSR count). The van der Waals surface area contributed by atoms with Crippen molar-refractivity contribution in [1.82, 2.24) is 9.97 Å². The zero-order chi connectivity index (χ0) is 12.7. The highest BCUT2D eigenvalue weighted by Crippen LogP contribution is 2.33. The Balaban J connectivity index is 2.22. The molecule has 3 aromatic rings. The molecule has 0 aliphatic carbocycles. The molecule has 1 aromatic carbocycles. The minimum atomic E-state index is -0.979. The van der Waals surface area contributed by atoms with Crippen LogP contribution in [0.1, 0.15) is 10.5 Å². The molecule has 0 saturated carbocycles. The van der Waals surface area contributed by atoms with Crippen molar-refractivity contribution in [2.45, 2.75) is 0 Å². The van der Waals surface area contributed by atoms with Crippen molar-refractivity contribution in [3.8, 4) is 11.3 Å². The SMILES string of the molecule is O=C(O)c1ccc(-c2c[nH]c3cccc(Cl)c23)[nH]1. The van der Waals surface area contributed by atoms with E-state index in [-0.39, 0.29) is 5.69 Å². The van der Waals surface area contributed by atoms with Crippen LogP contribution in [0.25, 0.3) is 22.2 Å². The number of carboxylic acid groups (broad SMARTS) is 1. The second-order valence-electron chi connectivity index (χ2n) is 3.96. The highest BCUT2D eigenvalue weighted by atomic mass is 35.5. The maximum Gasteiger partial charge on any atom is 0.352 e. The molecule has 0 radical (unpaired) electrons. The Kier molecular flexibility index (Phi) is 2.38. The summed E-state index contributed by atoms with van der Waals surface area (Å²) >= 11 is 6.17. The first kappa shape index (κ1) is 10.9. The summed E-state index contributed by atoms with van der Waals surface area (Å²) in [6, 6.07) is 8.86. The van der Waals surface area contributed by atoms with Gasteiger partial charge >= 0.3 is 5.97 Å². The predicted molar refractivity (Wildman–Crippen MR) is 70.1 cm³/mol. The summed E-state index contributed by atoms with van der Waals surface area (Å²) < 4.78 is 0. The molecule has 0 unspecified atom stereocenters. The van der Waals surface area contributed by atoms with Gasteiger partial charge in [-0.25, -0.2) is 4.79 Å². The number of halogens is 1. The Hall–Kier alpha value is -2.20. The van der Waals surface area contributed by atoms with Crippen molar-refractivity contribution in [2.24, 2.45) is 0 Å². The van der Waals surface area contributed by atoms with E-state index in [0.29, 0.717) is 5.02 Å². The van der Waals surface area contributed by atoms with Gasteiger partial charge in [-0.15, -0.1) is 0 Å². The van der Waals surface area contributed by atoms with Gasteiger partial charge in [-0.3, -0.25) is 0 Å². The van der Waals surface area contributed by atoms with Crippen LogP contribution in [0.4, 0.5) is 0 Å². The number of aromatic amines is 2. The van der Waals surface area contributed by atoms with Gasteiger partial charge in [0.2, 0.25) is 0 Å². The largest absolute Gasteiger partial charge is 0.477 e. The average molecular weight is 261 g/mol. The van der Waals surface area contributed by atoms with Crippen molar-refractivity contribution >= 4 is 28.5 Å². The van der Waals surface area contributed by atoms with Gasteiger partial charge in [0, 0.05) is 28.4 Å². The fourth-order valence-corrected chi connectivity index (χ4v) is 2.31. The lowest BCUT2D eigenvalue weighted by atomic mass is 10.1. The quantitative estimate of drug-likeness (QED) is 0.660. The number of carboxylic acids is 1. The first-order valence-corrected chi connectivity index (χ1v) is 5.73. The maximum atomic E-state index is 10.8. The summed E-state index contributed by atoms with van der Waals surface area (Å²) in [7, 11) is 0. The van der Waals surface area contributed by atoms with Crippen LogP contribution < -0.4 is 0 Å². The number of fused-ring (bicyclic) bond motifs is 1. The smallest absolute Gasteiger partial charge is 0.352 e. The highest BCUT2D eigenvalue weighted by Gasteiger charge is 2.12. The van der Waals surface area contributed by atoms with Gasteiger partial charge in [0.05, 0.1) is 5.02 Å². The van der Waals surface area contributed by atoms with E-state index >= 15 is 0 Å². The van der Waals surface area contributed by atoms with Gasteiger partial charge in [0.25, 0.3) is 0 Å². The molecule has 5 heteroatoms. The number of rotatable bonds is 2. The van der Waals surface area contributed by atoms with Crippen LogP contribution in [0.15, 0.2) is 36.5 Å². The zero-order valence-corrected chi connectivity index (χ0v) is 9.95. The van der Waals surface area contributed by atoms with Crippen LogP contribution in [-0.2, 0) is 0 Å². The minimum Gasteiger partial charge on any atom is -0.477 e. The predicted octanol–water partition coefficient (Wildman–Crippen LogP) is 3.51. The summed E-state index contributed by atoms with van der Waals surface area (Å²) in [6.07, 6.45) is 1.81. The minimum absolute atomic E-state index is 0.159. The lowest BCUT2D eigenvalue weighted by Crippen LogP contribution is -1.95. The summed E-state index contributed by atoms with van der Waals surface area (Å²) in [5.74, 6) is -0.979.